The van der Waals surface area contributed by atoms with Crippen LogP contribution >= 0.6 is 15.9 Å². The van der Waals surface area contributed by atoms with Crippen LogP contribution < -0.4 is 5.73 Å². The summed E-state index contributed by atoms with van der Waals surface area (Å²) in [6.45, 7) is 5.35. The molecule has 2 atom stereocenters. The quantitative estimate of drug-likeness (QED) is 0.861. The molecule has 1 saturated heterocycles. The number of hydrogen-bond donors (Lipinski definition) is 1. The third-order valence-electron chi connectivity index (χ3n) is 3.57. The molecule has 0 bridgehead atoms. The van der Waals surface area contributed by atoms with Crippen LogP contribution in [0.1, 0.15) is 31.5 Å². The second-order valence-electron chi connectivity index (χ2n) is 4.74. The molecule has 5 heteroatoms. The van der Waals surface area contributed by atoms with Gasteiger partial charge in [0.05, 0.1) is 16.2 Å². The van der Waals surface area contributed by atoms with Gasteiger partial charge in [0.15, 0.2) is 0 Å². The number of hydrogen-bond acceptors (Lipinski definition) is 3. The first-order valence-electron chi connectivity index (χ1n) is 5.71. The third kappa shape index (κ3) is 1.98. The molecule has 1 fully saturated rings. The predicted molar refractivity (Wildman–Crippen MR) is 69.4 cm³/mol. The number of rotatable bonds is 1. The fourth-order valence-electron chi connectivity index (χ4n) is 2.31. The van der Waals surface area contributed by atoms with Crippen molar-refractivity contribution >= 4 is 21.7 Å². The van der Waals surface area contributed by atoms with E-state index >= 15 is 0 Å². The van der Waals surface area contributed by atoms with Gasteiger partial charge < -0.3 is 10.6 Å². The Bertz CT molecular complexity index is 388. The molecule has 1 aliphatic rings. The van der Waals surface area contributed by atoms with E-state index in [1.54, 1.807) is 0 Å². The number of nitrogen functional groups attached to an aromatic ring is 1. The highest BCUT2D eigenvalue weighted by Crippen LogP contribution is 2.32. The number of aromatic nitrogens is 2. The van der Waals surface area contributed by atoms with E-state index in [1.165, 1.54) is 0 Å². The Morgan fingerprint density at radius 1 is 1.50 bits per heavy atom. The highest BCUT2D eigenvalue weighted by molar-refractivity contribution is 9.10. The van der Waals surface area contributed by atoms with Crippen LogP contribution in [-0.4, -0.2) is 34.3 Å². The lowest BCUT2D eigenvalue weighted by Crippen LogP contribution is -2.38. The minimum absolute atomic E-state index is 0.441. The van der Waals surface area contributed by atoms with Crippen LogP contribution in [-0.2, 0) is 0 Å². The number of nitrogens with zero attached hydrogens (tertiary/aromatic N) is 3. The van der Waals surface area contributed by atoms with Gasteiger partial charge in [0.25, 0.3) is 0 Å². The largest absolute Gasteiger partial charge is 0.383 e. The lowest BCUT2D eigenvalue weighted by atomic mass is 9.99. The van der Waals surface area contributed by atoms with Crippen molar-refractivity contribution in [3.05, 3.63) is 10.2 Å². The van der Waals surface area contributed by atoms with Crippen LogP contribution in [0.15, 0.2) is 4.47 Å². The fraction of sp³-hybridized carbons (Fsp3) is 0.727. The summed E-state index contributed by atoms with van der Waals surface area (Å²) in [6.07, 6.45) is 2.24. The van der Waals surface area contributed by atoms with Gasteiger partial charge in [-0.1, -0.05) is 0 Å². The molecule has 2 unspecified atom stereocenters. The van der Waals surface area contributed by atoms with Crippen LogP contribution in [0.5, 0.6) is 0 Å². The van der Waals surface area contributed by atoms with Gasteiger partial charge in [0.1, 0.15) is 5.82 Å². The van der Waals surface area contributed by atoms with Crippen molar-refractivity contribution in [2.75, 3.05) is 19.3 Å². The van der Waals surface area contributed by atoms with Gasteiger partial charge in [-0.25, -0.2) is 4.68 Å². The first kappa shape index (κ1) is 11.9. The fourth-order valence-corrected chi connectivity index (χ4v) is 2.57. The van der Waals surface area contributed by atoms with Crippen molar-refractivity contribution in [2.45, 2.75) is 38.8 Å². The smallest absolute Gasteiger partial charge is 0.136 e. The second kappa shape index (κ2) is 4.37. The van der Waals surface area contributed by atoms with Crippen LogP contribution in [0.25, 0.3) is 0 Å². The highest BCUT2D eigenvalue weighted by Gasteiger charge is 2.26. The lowest BCUT2D eigenvalue weighted by molar-refractivity contribution is 0.151. The minimum atomic E-state index is 0.441. The van der Waals surface area contributed by atoms with Gasteiger partial charge in [-0.3, -0.25) is 0 Å². The Kier molecular flexibility index (Phi) is 3.26. The summed E-state index contributed by atoms with van der Waals surface area (Å²) >= 11 is 3.47. The summed E-state index contributed by atoms with van der Waals surface area (Å²) in [7, 11) is 2.18. The third-order valence-corrected chi connectivity index (χ3v) is 4.55. The molecule has 2 heterocycles. The normalized spacial score (nSPS) is 27.2. The maximum absolute atomic E-state index is 6.05. The van der Waals surface area contributed by atoms with Gasteiger partial charge in [0.2, 0.25) is 0 Å². The summed E-state index contributed by atoms with van der Waals surface area (Å²) in [4.78, 5) is 2.39. The Labute approximate surface area is 105 Å². The zero-order valence-corrected chi connectivity index (χ0v) is 11.7. The van der Waals surface area contributed by atoms with Gasteiger partial charge in [-0.15, -0.1) is 0 Å². The molecule has 2 N–H and O–H groups in total. The van der Waals surface area contributed by atoms with Crippen molar-refractivity contribution in [3.8, 4) is 0 Å². The molecule has 1 aromatic heterocycles. The van der Waals surface area contributed by atoms with E-state index in [9.17, 15) is 0 Å². The standard InChI is InChI=1S/C11H19BrN4/c1-7-6-9(4-5-15(7)3)16-11(13)10(12)8(2)14-16/h7,9H,4-6,13H2,1-3H3. The molecule has 16 heavy (non-hydrogen) atoms. The Morgan fingerprint density at radius 2 is 2.19 bits per heavy atom. The van der Waals surface area contributed by atoms with E-state index < -0.39 is 0 Å². The molecule has 0 aliphatic carbocycles. The van der Waals surface area contributed by atoms with E-state index in [4.69, 9.17) is 5.73 Å². The summed E-state index contributed by atoms with van der Waals surface area (Å²) in [6, 6.07) is 1.04. The molecule has 1 aromatic rings. The van der Waals surface area contributed by atoms with E-state index in [-0.39, 0.29) is 0 Å². The number of nitrogens with two attached hydrogens (primary N) is 1. The first-order valence-corrected chi connectivity index (χ1v) is 6.50. The molecular formula is C11H19BrN4. The lowest BCUT2D eigenvalue weighted by Gasteiger charge is -2.35. The molecule has 0 spiro atoms. The van der Waals surface area contributed by atoms with Crippen molar-refractivity contribution in [2.24, 2.45) is 0 Å². The van der Waals surface area contributed by atoms with Crippen LogP contribution in [0.3, 0.4) is 0 Å². The monoisotopic (exact) mass is 286 g/mol. The van der Waals surface area contributed by atoms with Crippen LogP contribution in [0, 0.1) is 6.92 Å². The second-order valence-corrected chi connectivity index (χ2v) is 5.53. The Hall–Kier alpha value is -0.550. The van der Waals surface area contributed by atoms with Crippen LogP contribution in [0.4, 0.5) is 5.82 Å². The molecule has 4 nitrogen and oxygen atoms in total. The summed E-state index contributed by atoms with van der Waals surface area (Å²) < 4.78 is 2.93. The van der Waals surface area contributed by atoms with Gasteiger partial charge in [-0.2, -0.15) is 5.10 Å². The number of piperidine rings is 1. The van der Waals surface area contributed by atoms with Crippen molar-refractivity contribution in [1.29, 1.82) is 0 Å². The maximum atomic E-state index is 6.05. The number of halogens is 1. The number of likely N-dealkylation sites (tertiary alicyclic amines) is 1. The van der Waals surface area contributed by atoms with E-state index in [1.807, 2.05) is 11.6 Å². The molecule has 90 valence electrons. The van der Waals surface area contributed by atoms with Gasteiger partial charge in [-0.05, 0) is 49.7 Å². The van der Waals surface area contributed by atoms with Crippen molar-refractivity contribution in [1.82, 2.24) is 14.7 Å². The predicted octanol–water partition coefficient (Wildman–Crippen LogP) is 2.19. The zero-order chi connectivity index (χ0) is 11.9. The molecular weight excluding hydrogens is 268 g/mol. The molecule has 2 rings (SSSR count). The van der Waals surface area contributed by atoms with Crippen molar-refractivity contribution in [3.63, 3.8) is 0 Å². The van der Waals surface area contributed by atoms with Crippen LogP contribution in [0.2, 0.25) is 0 Å². The zero-order valence-electron chi connectivity index (χ0n) is 10.1. The number of anilines is 1. The van der Waals surface area contributed by atoms with E-state index in [0.29, 0.717) is 12.1 Å². The summed E-state index contributed by atoms with van der Waals surface area (Å²) in [5.41, 5.74) is 7.03. The molecule has 0 aromatic carbocycles. The Morgan fingerprint density at radius 3 is 2.69 bits per heavy atom. The molecule has 0 radical (unpaired) electrons. The van der Waals surface area contributed by atoms with E-state index in [2.05, 4.69) is 39.9 Å². The van der Waals surface area contributed by atoms with Crippen molar-refractivity contribution < 1.29 is 0 Å². The molecule has 0 amide bonds. The highest BCUT2D eigenvalue weighted by atomic mass is 79.9. The first-order chi connectivity index (χ1) is 7.50. The maximum Gasteiger partial charge on any atom is 0.136 e. The SMILES string of the molecule is Cc1nn(C2CCN(C)C(C)C2)c(N)c1Br. The Balaban J connectivity index is 2.22. The molecule has 1 aliphatic heterocycles. The minimum Gasteiger partial charge on any atom is -0.383 e. The topological polar surface area (TPSA) is 47.1 Å². The van der Waals surface area contributed by atoms with E-state index in [0.717, 1.165) is 35.4 Å². The summed E-state index contributed by atoms with van der Waals surface area (Å²) in [5.74, 6) is 0.763. The van der Waals surface area contributed by atoms with Gasteiger partial charge in [0, 0.05) is 12.6 Å². The summed E-state index contributed by atoms with van der Waals surface area (Å²) in [5, 5.41) is 4.52. The molecule has 0 saturated carbocycles. The average molecular weight is 287 g/mol. The van der Waals surface area contributed by atoms with Gasteiger partial charge >= 0.3 is 0 Å². The average Bonchev–Trinajstić information content (AvgIpc) is 2.50. The number of aryl methyl sites for hydroxylation is 1.